The zero-order valence-electron chi connectivity index (χ0n) is 15.7. The first-order valence-corrected chi connectivity index (χ1v) is 9.95. The predicted octanol–water partition coefficient (Wildman–Crippen LogP) is 3.86. The van der Waals surface area contributed by atoms with Gasteiger partial charge in [0, 0.05) is 30.1 Å². The first kappa shape index (κ1) is 19.7. The minimum absolute atomic E-state index is 0.00884. The molecule has 2 heterocycles. The summed E-state index contributed by atoms with van der Waals surface area (Å²) in [6.45, 7) is -0.00884. The van der Waals surface area contributed by atoms with Crippen molar-refractivity contribution >= 4 is 51.5 Å². The van der Waals surface area contributed by atoms with Crippen molar-refractivity contribution in [1.82, 2.24) is 4.90 Å². The summed E-state index contributed by atoms with van der Waals surface area (Å²) >= 11 is 0.866. The van der Waals surface area contributed by atoms with Crippen LogP contribution in [0.4, 0.5) is 10.5 Å². The predicted molar refractivity (Wildman–Crippen MR) is 115 cm³/mol. The number of thioether (sulfide) groups is 1. The van der Waals surface area contributed by atoms with Crippen molar-refractivity contribution in [1.29, 1.82) is 0 Å². The second kappa shape index (κ2) is 8.38. The van der Waals surface area contributed by atoms with Crippen LogP contribution in [0.3, 0.4) is 0 Å². The number of nitrogens with zero attached hydrogens (tertiary/aromatic N) is 1. The van der Waals surface area contributed by atoms with E-state index in [1.807, 2.05) is 30.3 Å². The van der Waals surface area contributed by atoms with Gasteiger partial charge in [0.05, 0.1) is 4.91 Å². The Labute approximate surface area is 175 Å². The summed E-state index contributed by atoms with van der Waals surface area (Å²) in [5, 5.41) is 3.00. The lowest BCUT2D eigenvalue weighted by Gasteiger charge is -2.12. The molecule has 0 atom stereocenters. The maximum absolute atomic E-state index is 12.5. The molecule has 1 fully saturated rings. The largest absolute Gasteiger partial charge is 0.423 e. The molecule has 0 unspecified atom stereocenters. The maximum Gasteiger partial charge on any atom is 0.336 e. The normalized spacial score (nSPS) is 15.2. The van der Waals surface area contributed by atoms with Gasteiger partial charge in [0.25, 0.3) is 11.1 Å². The number of fused-ring (bicyclic) bond motifs is 1. The highest BCUT2D eigenvalue weighted by Gasteiger charge is 2.35. The van der Waals surface area contributed by atoms with E-state index in [0.717, 1.165) is 22.2 Å². The molecule has 2 aromatic carbocycles. The number of amides is 3. The molecule has 0 spiro atoms. The van der Waals surface area contributed by atoms with Gasteiger partial charge in [-0.1, -0.05) is 30.3 Å². The first-order valence-electron chi connectivity index (χ1n) is 9.14. The Bertz CT molecular complexity index is 1230. The van der Waals surface area contributed by atoms with E-state index in [4.69, 9.17) is 4.42 Å². The zero-order chi connectivity index (χ0) is 21.1. The Kier molecular flexibility index (Phi) is 5.49. The SMILES string of the molecule is O=C(CCN1C(=O)SC(=Cc2ccccc2)C1=O)Nc1ccc2oc(=O)ccc2c1. The monoisotopic (exact) mass is 420 g/mol. The number of carbonyl (C=O) groups is 3. The topological polar surface area (TPSA) is 96.7 Å². The number of nitrogens with one attached hydrogen (secondary N) is 1. The van der Waals surface area contributed by atoms with Crippen molar-refractivity contribution in [2.45, 2.75) is 6.42 Å². The lowest BCUT2D eigenvalue weighted by atomic mass is 10.2. The van der Waals surface area contributed by atoms with Gasteiger partial charge in [-0.05, 0) is 47.7 Å². The summed E-state index contributed by atoms with van der Waals surface area (Å²) in [5.41, 5.74) is 1.33. The highest BCUT2D eigenvalue weighted by atomic mass is 32.2. The molecule has 30 heavy (non-hydrogen) atoms. The second-order valence-corrected chi connectivity index (χ2v) is 7.54. The average Bonchev–Trinajstić information content (AvgIpc) is 3.00. The highest BCUT2D eigenvalue weighted by Crippen LogP contribution is 2.32. The number of hydrogen-bond acceptors (Lipinski definition) is 6. The number of rotatable bonds is 5. The van der Waals surface area contributed by atoms with Crippen molar-refractivity contribution in [3.8, 4) is 0 Å². The van der Waals surface area contributed by atoms with E-state index in [1.54, 1.807) is 30.3 Å². The molecule has 1 aliphatic rings. The molecule has 3 aromatic rings. The fraction of sp³-hybridized carbons (Fsp3) is 0.0909. The maximum atomic E-state index is 12.5. The molecule has 0 radical (unpaired) electrons. The van der Waals surface area contributed by atoms with Gasteiger partial charge in [-0.3, -0.25) is 19.3 Å². The third kappa shape index (κ3) is 4.33. The number of benzene rings is 2. The summed E-state index contributed by atoms with van der Waals surface area (Å²) in [4.78, 5) is 49.6. The second-order valence-electron chi connectivity index (χ2n) is 6.55. The van der Waals surface area contributed by atoms with Crippen LogP contribution in [0.5, 0.6) is 0 Å². The lowest BCUT2D eigenvalue weighted by molar-refractivity contribution is -0.123. The number of anilines is 1. The summed E-state index contributed by atoms with van der Waals surface area (Å²) < 4.78 is 5.06. The molecule has 0 bridgehead atoms. The van der Waals surface area contributed by atoms with Gasteiger partial charge in [-0.25, -0.2) is 4.79 Å². The molecule has 150 valence electrons. The van der Waals surface area contributed by atoms with Crippen molar-refractivity contribution in [3.05, 3.63) is 81.6 Å². The third-order valence-corrected chi connectivity index (χ3v) is 5.34. The van der Waals surface area contributed by atoms with Gasteiger partial charge in [0.2, 0.25) is 5.91 Å². The molecule has 7 nitrogen and oxygen atoms in total. The summed E-state index contributed by atoms with van der Waals surface area (Å²) in [5.74, 6) is -0.736. The van der Waals surface area contributed by atoms with E-state index < -0.39 is 16.8 Å². The van der Waals surface area contributed by atoms with E-state index >= 15 is 0 Å². The van der Waals surface area contributed by atoms with Gasteiger partial charge < -0.3 is 9.73 Å². The van der Waals surface area contributed by atoms with Gasteiger partial charge in [-0.2, -0.15) is 0 Å². The van der Waals surface area contributed by atoms with Crippen LogP contribution >= 0.6 is 11.8 Å². The quantitative estimate of drug-likeness (QED) is 0.497. The molecular weight excluding hydrogens is 404 g/mol. The van der Waals surface area contributed by atoms with Crippen LogP contribution in [0, 0.1) is 0 Å². The summed E-state index contributed by atoms with van der Waals surface area (Å²) in [6.07, 6.45) is 1.64. The van der Waals surface area contributed by atoms with Crippen LogP contribution in [0.2, 0.25) is 0 Å². The Morgan fingerprint density at radius 1 is 1.03 bits per heavy atom. The lowest BCUT2D eigenvalue weighted by Crippen LogP contribution is -2.31. The molecule has 0 saturated carbocycles. The fourth-order valence-electron chi connectivity index (χ4n) is 2.98. The molecule has 1 N–H and O–H groups in total. The van der Waals surface area contributed by atoms with E-state index in [9.17, 15) is 19.2 Å². The Hall–Kier alpha value is -3.65. The number of imide groups is 1. The van der Waals surface area contributed by atoms with E-state index in [1.165, 1.54) is 6.07 Å². The third-order valence-electron chi connectivity index (χ3n) is 4.44. The molecule has 1 aliphatic heterocycles. The molecular formula is C22H16N2O5S. The Balaban J connectivity index is 1.38. The summed E-state index contributed by atoms with van der Waals surface area (Å²) in [6, 6.07) is 17.1. The van der Waals surface area contributed by atoms with Gasteiger partial charge >= 0.3 is 5.63 Å². The highest BCUT2D eigenvalue weighted by molar-refractivity contribution is 8.18. The van der Waals surface area contributed by atoms with E-state index in [0.29, 0.717) is 21.6 Å². The van der Waals surface area contributed by atoms with Crippen LogP contribution in [-0.2, 0) is 9.59 Å². The van der Waals surface area contributed by atoms with Gasteiger partial charge in [-0.15, -0.1) is 0 Å². The fourth-order valence-corrected chi connectivity index (χ4v) is 3.84. The van der Waals surface area contributed by atoms with Gasteiger partial charge in [0.1, 0.15) is 5.58 Å². The van der Waals surface area contributed by atoms with Gasteiger partial charge in [0.15, 0.2) is 0 Å². The Morgan fingerprint density at radius 3 is 2.63 bits per heavy atom. The average molecular weight is 420 g/mol. The van der Waals surface area contributed by atoms with Crippen molar-refractivity contribution in [2.75, 3.05) is 11.9 Å². The van der Waals surface area contributed by atoms with E-state index in [2.05, 4.69) is 5.32 Å². The zero-order valence-corrected chi connectivity index (χ0v) is 16.5. The van der Waals surface area contributed by atoms with Crippen LogP contribution in [-0.4, -0.2) is 28.5 Å². The van der Waals surface area contributed by atoms with Crippen LogP contribution in [0.1, 0.15) is 12.0 Å². The van der Waals surface area contributed by atoms with Crippen molar-refractivity contribution < 1.29 is 18.8 Å². The number of hydrogen-bond donors (Lipinski definition) is 1. The first-order chi connectivity index (χ1) is 14.5. The van der Waals surface area contributed by atoms with Crippen LogP contribution in [0.15, 0.2) is 74.8 Å². The van der Waals surface area contributed by atoms with Crippen LogP contribution in [0.25, 0.3) is 17.0 Å². The van der Waals surface area contributed by atoms with Crippen molar-refractivity contribution in [2.24, 2.45) is 0 Å². The number of carbonyl (C=O) groups excluding carboxylic acids is 3. The molecule has 0 aliphatic carbocycles. The molecule has 1 aromatic heterocycles. The molecule has 1 saturated heterocycles. The molecule has 4 rings (SSSR count). The summed E-state index contributed by atoms with van der Waals surface area (Å²) in [7, 11) is 0. The smallest absolute Gasteiger partial charge is 0.336 e. The Morgan fingerprint density at radius 2 is 1.83 bits per heavy atom. The minimum atomic E-state index is -0.446. The van der Waals surface area contributed by atoms with Crippen LogP contribution < -0.4 is 10.9 Å². The minimum Gasteiger partial charge on any atom is -0.423 e. The standard InChI is InChI=1S/C22H16N2O5S/c25-19(23-16-7-8-17-15(13-16)6-9-20(26)29-17)10-11-24-21(27)18(30-22(24)28)12-14-4-2-1-3-5-14/h1-9,12-13H,10-11H2,(H,23,25). The molecule has 8 heteroatoms. The molecule has 3 amide bonds. The van der Waals surface area contributed by atoms with E-state index in [-0.39, 0.29) is 18.9 Å². The van der Waals surface area contributed by atoms with Crippen molar-refractivity contribution in [3.63, 3.8) is 0 Å².